The Morgan fingerprint density at radius 2 is 2.20 bits per heavy atom. The van der Waals surface area contributed by atoms with Crippen molar-refractivity contribution in [2.45, 2.75) is 56.8 Å². The lowest BCUT2D eigenvalue weighted by Crippen LogP contribution is -2.50. The quantitative estimate of drug-likeness (QED) is 0.775. The third-order valence-electron chi connectivity index (χ3n) is 3.55. The number of hydrogen-bond acceptors (Lipinski definition) is 3. The Kier molecular flexibility index (Phi) is 2.51. The minimum atomic E-state index is -0.975. The molecular formula is C11H18O4. The molecule has 1 unspecified atom stereocenters. The Morgan fingerprint density at radius 3 is 2.67 bits per heavy atom. The molecule has 1 spiro atoms. The first-order valence-corrected chi connectivity index (χ1v) is 5.55. The molecule has 1 saturated heterocycles. The summed E-state index contributed by atoms with van der Waals surface area (Å²) in [7, 11) is 0. The number of carboxylic acid groups (broad SMARTS) is 1. The fraction of sp³-hybridized carbons (Fsp3) is 0.909. The number of hydrogen-bond donors (Lipinski definition) is 1. The van der Waals surface area contributed by atoms with Crippen molar-refractivity contribution < 1.29 is 19.4 Å². The lowest BCUT2D eigenvalue weighted by Gasteiger charge is -2.44. The van der Waals surface area contributed by atoms with Crippen molar-refractivity contribution in [3.8, 4) is 0 Å². The van der Waals surface area contributed by atoms with Crippen LogP contribution in [-0.4, -0.2) is 35.0 Å². The predicted molar refractivity (Wildman–Crippen MR) is 53.7 cm³/mol. The molecule has 2 fully saturated rings. The Hall–Kier alpha value is -0.610. The first-order valence-electron chi connectivity index (χ1n) is 5.55. The van der Waals surface area contributed by atoms with E-state index in [1.807, 2.05) is 6.92 Å². The number of aliphatic carboxylic acids is 1. The van der Waals surface area contributed by atoms with Crippen LogP contribution in [-0.2, 0) is 14.3 Å². The summed E-state index contributed by atoms with van der Waals surface area (Å²) >= 11 is 0. The maximum absolute atomic E-state index is 11.0. The van der Waals surface area contributed by atoms with Gasteiger partial charge in [0.15, 0.2) is 5.60 Å². The lowest BCUT2D eigenvalue weighted by molar-refractivity contribution is -0.201. The molecule has 2 aliphatic rings. The van der Waals surface area contributed by atoms with Crippen LogP contribution in [0.25, 0.3) is 0 Å². The van der Waals surface area contributed by atoms with Crippen LogP contribution in [0, 0.1) is 0 Å². The summed E-state index contributed by atoms with van der Waals surface area (Å²) in [5, 5.41) is 9.04. The van der Waals surface area contributed by atoms with Crippen molar-refractivity contribution in [1.82, 2.24) is 0 Å². The number of rotatable bonds is 3. The van der Waals surface area contributed by atoms with Crippen LogP contribution in [0.15, 0.2) is 0 Å². The second-order valence-corrected chi connectivity index (χ2v) is 4.81. The molecule has 0 amide bonds. The monoisotopic (exact) mass is 214 g/mol. The van der Waals surface area contributed by atoms with Crippen LogP contribution in [0.5, 0.6) is 0 Å². The summed E-state index contributed by atoms with van der Waals surface area (Å²) in [5.74, 6) is -0.848. The second kappa shape index (κ2) is 3.46. The van der Waals surface area contributed by atoms with E-state index in [-0.39, 0.29) is 11.7 Å². The van der Waals surface area contributed by atoms with E-state index in [0.29, 0.717) is 6.42 Å². The molecule has 0 bridgehead atoms. The Labute approximate surface area is 89.6 Å². The number of carbonyl (C=O) groups is 1. The Bertz CT molecular complexity index is 270. The van der Waals surface area contributed by atoms with E-state index >= 15 is 0 Å². The minimum Gasteiger partial charge on any atom is -0.479 e. The predicted octanol–water partition coefficient (Wildman–Crippen LogP) is 1.58. The molecule has 0 aromatic carbocycles. The van der Waals surface area contributed by atoms with Crippen LogP contribution >= 0.6 is 0 Å². The zero-order valence-corrected chi connectivity index (χ0v) is 9.28. The van der Waals surface area contributed by atoms with Gasteiger partial charge in [-0.1, -0.05) is 0 Å². The Balaban J connectivity index is 1.92. The third-order valence-corrected chi connectivity index (χ3v) is 3.55. The van der Waals surface area contributed by atoms with Gasteiger partial charge in [-0.15, -0.1) is 0 Å². The molecule has 15 heavy (non-hydrogen) atoms. The van der Waals surface area contributed by atoms with Gasteiger partial charge >= 0.3 is 5.97 Å². The molecule has 1 aliphatic heterocycles. The molecule has 1 aliphatic carbocycles. The summed E-state index contributed by atoms with van der Waals surface area (Å²) in [6.45, 7) is 4.36. The largest absolute Gasteiger partial charge is 0.479 e. The molecule has 1 atom stereocenters. The number of ether oxygens (including phenoxy) is 2. The van der Waals surface area contributed by atoms with Crippen molar-refractivity contribution in [1.29, 1.82) is 0 Å². The standard InChI is InChI=1S/C11H18O4/c1-3-14-8-6-11(7-8)5-4-10(2,15-11)9(12)13/h8H,3-7H2,1-2H3,(H,12,13). The summed E-state index contributed by atoms with van der Waals surface area (Å²) in [6, 6.07) is 0. The van der Waals surface area contributed by atoms with Gasteiger partial charge < -0.3 is 14.6 Å². The smallest absolute Gasteiger partial charge is 0.335 e. The lowest BCUT2D eigenvalue weighted by atomic mass is 9.75. The maximum atomic E-state index is 11.0. The topological polar surface area (TPSA) is 55.8 Å². The normalized spacial score (nSPS) is 44.3. The van der Waals surface area contributed by atoms with Gasteiger partial charge in [0.05, 0.1) is 11.7 Å². The van der Waals surface area contributed by atoms with Crippen LogP contribution in [0.1, 0.15) is 39.5 Å². The van der Waals surface area contributed by atoms with Crippen molar-refractivity contribution in [2.75, 3.05) is 6.61 Å². The van der Waals surface area contributed by atoms with Crippen molar-refractivity contribution in [3.63, 3.8) is 0 Å². The van der Waals surface area contributed by atoms with Crippen LogP contribution in [0.2, 0.25) is 0 Å². The Morgan fingerprint density at radius 1 is 1.53 bits per heavy atom. The molecule has 1 saturated carbocycles. The zero-order chi connectivity index (χ0) is 11.1. The van der Waals surface area contributed by atoms with E-state index in [1.165, 1.54) is 0 Å². The highest BCUT2D eigenvalue weighted by molar-refractivity contribution is 5.77. The van der Waals surface area contributed by atoms with Gasteiger partial charge in [0.2, 0.25) is 0 Å². The summed E-state index contributed by atoms with van der Waals surface area (Å²) in [6.07, 6.45) is 3.43. The molecule has 1 heterocycles. The van der Waals surface area contributed by atoms with Gasteiger partial charge in [0, 0.05) is 19.4 Å². The van der Waals surface area contributed by atoms with E-state index in [2.05, 4.69) is 0 Å². The molecule has 0 aromatic heterocycles. The number of carboxylic acids is 1. The highest BCUT2D eigenvalue weighted by Crippen LogP contribution is 2.50. The highest BCUT2D eigenvalue weighted by Gasteiger charge is 2.57. The fourth-order valence-corrected chi connectivity index (χ4v) is 2.61. The average molecular weight is 214 g/mol. The van der Waals surface area contributed by atoms with E-state index in [9.17, 15) is 4.79 Å². The molecule has 86 valence electrons. The van der Waals surface area contributed by atoms with Gasteiger partial charge in [-0.05, 0) is 26.7 Å². The molecule has 4 heteroatoms. The molecule has 2 rings (SSSR count). The molecule has 1 N–H and O–H groups in total. The summed E-state index contributed by atoms with van der Waals surface area (Å²) in [4.78, 5) is 11.0. The minimum absolute atomic E-state index is 0.201. The average Bonchev–Trinajstić information content (AvgIpc) is 2.45. The zero-order valence-electron chi connectivity index (χ0n) is 9.28. The highest BCUT2D eigenvalue weighted by atomic mass is 16.6. The molecule has 0 radical (unpaired) electrons. The van der Waals surface area contributed by atoms with E-state index in [4.69, 9.17) is 14.6 Å². The molecular weight excluding hydrogens is 196 g/mol. The SMILES string of the molecule is CCOC1CC2(CCC(C)(C(=O)O)O2)C1. The summed E-state index contributed by atoms with van der Waals surface area (Å²) in [5.41, 5.74) is -1.18. The van der Waals surface area contributed by atoms with Crippen molar-refractivity contribution in [2.24, 2.45) is 0 Å². The fourth-order valence-electron chi connectivity index (χ4n) is 2.61. The van der Waals surface area contributed by atoms with Crippen LogP contribution in [0.3, 0.4) is 0 Å². The van der Waals surface area contributed by atoms with Gasteiger partial charge in [-0.2, -0.15) is 0 Å². The van der Waals surface area contributed by atoms with E-state index in [1.54, 1.807) is 6.92 Å². The molecule has 0 aromatic rings. The van der Waals surface area contributed by atoms with Crippen LogP contribution in [0.4, 0.5) is 0 Å². The van der Waals surface area contributed by atoms with Gasteiger partial charge in [-0.25, -0.2) is 4.79 Å². The first kappa shape index (κ1) is 10.9. The van der Waals surface area contributed by atoms with Gasteiger partial charge in [0.1, 0.15) is 0 Å². The van der Waals surface area contributed by atoms with Crippen molar-refractivity contribution >= 4 is 5.97 Å². The van der Waals surface area contributed by atoms with Gasteiger partial charge in [-0.3, -0.25) is 0 Å². The summed E-state index contributed by atoms with van der Waals surface area (Å²) < 4.78 is 11.2. The first-order chi connectivity index (χ1) is 7.00. The maximum Gasteiger partial charge on any atom is 0.335 e. The van der Waals surface area contributed by atoms with Crippen molar-refractivity contribution in [3.05, 3.63) is 0 Å². The van der Waals surface area contributed by atoms with E-state index < -0.39 is 11.6 Å². The van der Waals surface area contributed by atoms with Crippen LogP contribution < -0.4 is 0 Å². The molecule has 4 nitrogen and oxygen atoms in total. The van der Waals surface area contributed by atoms with Gasteiger partial charge in [0.25, 0.3) is 0 Å². The second-order valence-electron chi connectivity index (χ2n) is 4.81. The third kappa shape index (κ3) is 1.76. The van der Waals surface area contributed by atoms with E-state index in [0.717, 1.165) is 25.9 Å².